The first-order chi connectivity index (χ1) is 11.8. The van der Waals surface area contributed by atoms with Crippen LogP contribution in [0.1, 0.15) is 36.0 Å². The van der Waals surface area contributed by atoms with E-state index >= 15 is 0 Å². The lowest BCUT2D eigenvalue weighted by Gasteiger charge is -2.11. The van der Waals surface area contributed by atoms with Gasteiger partial charge in [-0.25, -0.2) is 8.42 Å². The number of rotatable bonds is 6. The Hall–Kier alpha value is -2.58. The Morgan fingerprint density at radius 3 is 2.32 bits per heavy atom. The molecule has 0 saturated heterocycles. The molecule has 0 radical (unpaired) electrons. The van der Waals surface area contributed by atoms with E-state index in [-0.39, 0.29) is 17.1 Å². The first-order valence-electron chi connectivity index (χ1n) is 7.85. The summed E-state index contributed by atoms with van der Waals surface area (Å²) in [5.41, 5.74) is 2.40. The maximum atomic E-state index is 12.6. The Morgan fingerprint density at radius 2 is 1.76 bits per heavy atom. The highest BCUT2D eigenvalue weighted by molar-refractivity contribution is 7.90. The van der Waals surface area contributed by atoms with Gasteiger partial charge in [0.15, 0.2) is 9.84 Å². The summed E-state index contributed by atoms with van der Waals surface area (Å²) in [6.45, 7) is 3.53. The molecule has 0 aliphatic heterocycles. The van der Waals surface area contributed by atoms with Crippen molar-refractivity contribution in [3.8, 4) is 11.8 Å². The second-order valence-electron chi connectivity index (χ2n) is 5.80. The van der Waals surface area contributed by atoms with Gasteiger partial charge in [0.25, 0.3) is 0 Å². The molecule has 0 aliphatic carbocycles. The van der Waals surface area contributed by atoms with Gasteiger partial charge in [-0.2, -0.15) is 0 Å². The van der Waals surface area contributed by atoms with Crippen LogP contribution >= 0.6 is 0 Å². The second-order valence-corrected chi connectivity index (χ2v) is 7.79. The van der Waals surface area contributed by atoms with Crippen molar-refractivity contribution in [3.05, 3.63) is 65.2 Å². The summed E-state index contributed by atoms with van der Waals surface area (Å²) in [6, 6.07) is 13.7. The lowest BCUT2D eigenvalue weighted by Crippen LogP contribution is -2.08. The van der Waals surface area contributed by atoms with Gasteiger partial charge in [0.2, 0.25) is 0 Å². The van der Waals surface area contributed by atoms with Crippen LogP contribution in [0.15, 0.2) is 53.4 Å². The van der Waals surface area contributed by atoms with Crippen molar-refractivity contribution in [2.45, 2.75) is 36.8 Å². The summed E-state index contributed by atoms with van der Waals surface area (Å²) in [7, 11) is -3.47. The zero-order chi connectivity index (χ0) is 18.4. The second kappa shape index (κ2) is 8.00. The van der Waals surface area contributed by atoms with Gasteiger partial charge in [-0.3, -0.25) is 4.79 Å². The minimum atomic E-state index is -3.47. The van der Waals surface area contributed by atoms with Crippen molar-refractivity contribution in [3.63, 3.8) is 0 Å². The van der Waals surface area contributed by atoms with Crippen LogP contribution in [0.25, 0.3) is 0 Å². The Morgan fingerprint density at radius 1 is 1.12 bits per heavy atom. The maximum absolute atomic E-state index is 12.6. The number of aryl methyl sites for hydroxylation is 1. The van der Waals surface area contributed by atoms with Gasteiger partial charge < -0.3 is 5.11 Å². The summed E-state index contributed by atoms with van der Waals surface area (Å²) in [5.74, 6) is 4.13. The highest BCUT2D eigenvalue weighted by Crippen LogP contribution is 2.23. The first kappa shape index (κ1) is 18.8. The first-order valence-corrected chi connectivity index (χ1v) is 9.50. The number of aliphatic carboxylic acids is 1. The molecule has 130 valence electrons. The Labute approximate surface area is 148 Å². The fraction of sp³-hybridized carbons (Fsp3) is 0.250. The number of carbonyl (C=O) groups is 1. The van der Waals surface area contributed by atoms with E-state index in [0.717, 1.165) is 11.1 Å². The molecule has 0 aromatic heterocycles. The SMILES string of the molecule is CC#CC(CC(=O)O)c1ccc(S(=O)(=O)Cc2ccccc2C)cc1. The molecule has 2 aromatic carbocycles. The molecule has 0 amide bonds. The molecule has 0 spiro atoms. The van der Waals surface area contributed by atoms with E-state index in [1.807, 2.05) is 25.1 Å². The van der Waals surface area contributed by atoms with E-state index in [1.54, 1.807) is 25.1 Å². The number of carboxylic acids is 1. The average molecular weight is 356 g/mol. The lowest BCUT2D eigenvalue weighted by atomic mass is 9.96. The molecule has 25 heavy (non-hydrogen) atoms. The Bertz CT molecular complexity index is 916. The van der Waals surface area contributed by atoms with Gasteiger partial charge in [-0.1, -0.05) is 42.3 Å². The van der Waals surface area contributed by atoms with E-state index in [4.69, 9.17) is 5.11 Å². The van der Waals surface area contributed by atoms with E-state index in [2.05, 4.69) is 11.8 Å². The highest BCUT2D eigenvalue weighted by atomic mass is 32.2. The van der Waals surface area contributed by atoms with Crippen LogP contribution in [0.3, 0.4) is 0 Å². The maximum Gasteiger partial charge on any atom is 0.304 e. The third-order valence-corrected chi connectivity index (χ3v) is 5.63. The lowest BCUT2D eigenvalue weighted by molar-refractivity contribution is -0.137. The van der Waals surface area contributed by atoms with Crippen LogP contribution in [-0.2, 0) is 20.4 Å². The monoisotopic (exact) mass is 356 g/mol. The fourth-order valence-electron chi connectivity index (χ4n) is 2.57. The zero-order valence-electron chi connectivity index (χ0n) is 14.2. The molecular formula is C20H20O4S. The van der Waals surface area contributed by atoms with Crippen molar-refractivity contribution >= 4 is 15.8 Å². The van der Waals surface area contributed by atoms with Crippen LogP contribution in [0, 0.1) is 18.8 Å². The summed E-state index contributed by atoms with van der Waals surface area (Å²) in [4.78, 5) is 11.2. The summed E-state index contributed by atoms with van der Waals surface area (Å²) in [5, 5.41) is 8.98. The number of carboxylic acid groups (broad SMARTS) is 1. The van der Waals surface area contributed by atoms with Crippen LogP contribution in [0.2, 0.25) is 0 Å². The number of sulfone groups is 1. The van der Waals surface area contributed by atoms with Gasteiger partial charge in [0.1, 0.15) is 0 Å². The molecule has 4 nitrogen and oxygen atoms in total. The number of hydrogen-bond acceptors (Lipinski definition) is 3. The van der Waals surface area contributed by atoms with Gasteiger partial charge in [-0.15, -0.1) is 5.92 Å². The molecule has 2 rings (SSSR count). The normalized spacial score (nSPS) is 12.1. The molecule has 5 heteroatoms. The van der Waals surface area contributed by atoms with E-state index in [0.29, 0.717) is 5.56 Å². The molecule has 0 aliphatic rings. The van der Waals surface area contributed by atoms with Crippen LogP contribution in [0.4, 0.5) is 0 Å². The minimum absolute atomic E-state index is 0.0632. The average Bonchev–Trinajstić information content (AvgIpc) is 2.56. The van der Waals surface area contributed by atoms with E-state index < -0.39 is 21.7 Å². The largest absolute Gasteiger partial charge is 0.481 e. The predicted molar refractivity (Wildman–Crippen MR) is 97.0 cm³/mol. The van der Waals surface area contributed by atoms with Crippen molar-refractivity contribution < 1.29 is 18.3 Å². The quantitative estimate of drug-likeness (QED) is 0.804. The van der Waals surface area contributed by atoms with Gasteiger partial charge in [0, 0.05) is 0 Å². The zero-order valence-corrected chi connectivity index (χ0v) is 15.0. The Kier molecular flexibility index (Phi) is 6.00. The fourth-order valence-corrected chi connectivity index (χ4v) is 4.02. The molecule has 0 fully saturated rings. The van der Waals surface area contributed by atoms with Crippen molar-refractivity contribution in [1.29, 1.82) is 0 Å². The standard InChI is InChI=1S/C20H20O4S/c1-3-6-17(13-20(21)22)16-9-11-19(12-10-16)25(23,24)14-18-8-5-4-7-15(18)2/h4-5,7-12,17H,13-14H2,1-2H3,(H,21,22). The molecule has 0 bridgehead atoms. The van der Waals surface area contributed by atoms with E-state index in [9.17, 15) is 13.2 Å². The summed E-state index contributed by atoms with van der Waals surface area (Å²) < 4.78 is 25.2. The topological polar surface area (TPSA) is 71.4 Å². The molecule has 0 saturated carbocycles. The van der Waals surface area contributed by atoms with Crippen molar-refractivity contribution in [1.82, 2.24) is 0 Å². The molecular weight excluding hydrogens is 336 g/mol. The van der Waals surface area contributed by atoms with Gasteiger partial charge in [0.05, 0.1) is 23.0 Å². The number of hydrogen-bond donors (Lipinski definition) is 1. The molecule has 1 atom stereocenters. The van der Waals surface area contributed by atoms with Gasteiger partial charge in [-0.05, 0) is 42.7 Å². The van der Waals surface area contributed by atoms with Gasteiger partial charge >= 0.3 is 5.97 Å². The third kappa shape index (κ3) is 4.94. The molecule has 1 N–H and O–H groups in total. The summed E-state index contributed by atoms with van der Waals surface area (Å²) >= 11 is 0. The van der Waals surface area contributed by atoms with Crippen LogP contribution in [-0.4, -0.2) is 19.5 Å². The third-order valence-electron chi connectivity index (χ3n) is 3.95. The molecule has 0 heterocycles. The minimum Gasteiger partial charge on any atom is -0.481 e. The van der Waals surface area contributed by atoms with Crippen molar-refractivity contribution in [2.75, 3.05) is 0 Å². The van der Waals surface area contributed by atoms with Crippen LogP contribution in [0.5, 0.6) is 0 Å². The Balaban J connectivity index is 2.27. The smallest absolute Gasteiger partial charge is 0.304 e. The van der Waals surface area contributed by atoms with E-state index in [1.165, 1.54) is 12.1 Å². The highest BCUT2D eigenvalue weighted by Gasteiger charge is 2.18. The van der Waals surface area contributed by atoms with Crippen LogP contribution < -0.4 is 0 Å². The van der Waals surface area contributed by atoms with Crippen molar-refractivity contribution in [2.24, 2.45) is 0 Å². The summed E-state index contributed by atoms with van der Waals surface area (Å²) in [6.07, 6.45) is -0.115. The predicted octanol–water partition coefficient (Wildman–Crippen LogP) is 3.55. The molecule has 2 aromatic rings. The molecule has 1 unspecified atom stereocenters. The number of benzene rings is 2.